The molecule has 1 heterocycles. The van der Waals surface area contributed by atoms with E-state index < -0.39 is 0 Å². The quantitative estimate of drug-likeness (QED) is 0.876. The second-order valence-electron chi connectivity index (χ2n) is 4.51. The lowest BCUT2D eigenvalue weighted by atomic mass is 10.1. The van der Waals surface area contributed by atoms with Gasteiger partial charge in [0.1, 0.15) is 17.6 Å². The Labute approximate surface area is 118 Å². The van der Waals surface area contributed by atoms with Gasteiger partial charge >= 0.3 is 0 Å². The lowest BCUT2D eigenvalue weighted by molar-refractivity contribution is -0.121. The summed E-state index contributed by atoms with van der Waals surface area (Å²) in [6.45, 7) is 4.33. The monoisotopic (exact) mass is 273 g/mol. The van der Waals surface area contributed by atoms with Crippen LogP contribution >= 0.6 is 0 Å². The maximum Gasteiger partial charge on any atom is 0.242 e. The summed E-state index contributed by atoms with van der Waals surface area (Å²) in [7, 11) is 1.64. The predicted molar refractivity (Wildman–Crippen MR) is 80.1 cm³/mol. The second kappa shape index (κ2) is 6.23. The van der Waals surface area contributed by atoms with Crippen molar-refractivity contribution in [1.82, 2.24) is 10.3 Å². The van der Waals surface area contributed by atoms with Gasteiger partial charge in [-0.25, -0.2) is 4.98 Å². The second-order valence-corrected chi connectivity index (χ2v) is 4.51. The van der Waals surface area contributed by atoms with E-state index in [1.807, 2.05) is 38.1 Å². The van der Waals surface area contributed by atoms with E-state index in [0.717, 1.165) is 16.5 Å². The molecule has 0 aliphatic rings. The molecule has 0 aliphatic carbocycles. The summed E-state index contributed by atoms with van der Waals surface area (Å²) in [5.74, 6) is 1.45. The topological polar surface area (TPSA) is 63.2 Å². The van der Waals surface area contributed by atoms with Crippen LogP contribution in [-0.4, -0.2) is 30.6 Å². The molecule has 1 amide bonds. The summed E-state index contributed by atoms with van der Waals surface area (Å²) >= 11 is 0. The number of carbonyl (C=O) groups is 1. The Morgan fingerprint density at radius 3 is 2.90 bits per heavy atom. The summed E-state index contributed by atoms with van der Waals surface area (Å²) in [6.07, 6.45) is 1.72. The van der Waals surface area contributed by atoms with Crippen LogP contribution in [0.4, 0.5) is 5.82 Å². The average molecular weight is 273 g/mol. The van der Waals surface area contributed by atoms with E-state index in [-0.39, 0.29) is 11.9 Å². The normalized spacial score (nSPS) is 11.9. The van der Waals surface area contributed by atoms with Crippen LogP contribution in [0.15, 0.2) is 30.5 Å². The molecule has 1 aromatic heterocycles. The van der Waals surface area contributed by atoms with E-state index >= 15 is 0 Å². The first-order valence-corrected chi connectivity index (χ1v) is 6.62. The Kier molecular flexibility index (Phi) is 4.40. The zero-order valence-corrected chi connectivity index (χ0v) is 11.9. The molecule has 0 saturated heterocycles. The number of fused-ring (bicyclic) bond motifs is 1. The Morgan fingerprint density at radius 2 is 2.20 bits per heavy atom. The number of anilines is 1. The van der Waals surface area contributed by atoms with Gasteiger partial charge in [0, 0.05) is 18.1 Å². The summed E-state index contributed by atoms with van der Waals surface area (Å²) < 4.78 is 5.21. The van der Waals surface area contributed by atoms with Gasteiger partial charge in [-0.1, -0.05) is 0 Å². The number of hydrogen-bond acceptors (Lipinski definition) is 4. The molecule has 0 saturated carbocycles. The smallest absolute Gasteiger partial charge is 0.242 e. The van der Waals surface area contributed by atoms with Gasteiger partial charge in [0.25, 0.3) is 0 Å². The van der Waals surface area contributed by atoms with Gasteiger partial charge < -0.3 is 15.4 Å². The van der Waals surface area contributed by atoms with E-state index in [9.17, 15) is 4.79 Å². The summed E-state index contributed by atoms with van der Waals surface area (Å²) in [4.78, 5) is 16.1. The molecule has 0 radical (unpaired) electrons. The van der Waals surface area contributed by atoms with Crippen LogP contribution in [-0.2, 0) is 4.79 Å². The Balaban J connectivity index is 2.28. The van der Waals surface area contributed by atoms with Crippen LogP contribution in [0.25, 0.3) is 10.8 Å². The van der Waals surface area contributed by atoms with Gasteiger partial charge in [-0.15, -0.1) is 0 Å². The van der Waals surface area contributed by atoms with Crippen molar-refractivity contribution in [3.8, 4) is 5.75 Å². The van der Waals surface area contributed by atoms with Gasteiger partial charge in [-0.2, -0.15) is 0 Å². The van der Waals surface area contributed by atoms with E-state index in [4.69, 9.17) is 4.74 Å². The highest BCUT2D eigenvalue weighted by molar-refractivity contribution is 5.94. The zero-order valence-electron chi connectivity index (χ0n) is 11.9. The zero-order chi connectivity index (χ0) is 14.5. The molecule has 0 spiro atoms. The standard InChI is InChI=1S/C15H19N3O2/c1-4-16-15(19)10(2)18-14-13-6-5-12(20-3)9-11(13)7-8-17-14/h5-10H,4H2,1-3H3,(H,16,19)(H,17,18). The van der Waals surface area contributed by atoms with Crippen LogP contribution < -0.4 is 15.4 Å². The van der Waals surface area contributed by atoms with Crippen LogP contribution in [0, 0.1) is 0 Å². The lowest BCUT2D eigenvalue weighted by Crippen LogP contribution is -2.37. The Bertz CT molecular complexity index is 613. The number of pyridine rings is 1. The first kappa shape index (κ1) is 14.1. The fourth-order valence-electron chi connectivity index (χ4n) is 2.00. The number of rotatable bonds is 5. The molecule has 5 heteroatoms. The molecule has 5 nitrogen and oxygen atoms in total. The largest absolute Gasteiger partial charge is 0.497 e. The fraction of sp³-hybridized carbons (Fsp3) is 0.333. The molecular weight excluding hydrogens is 254 g/mol. The third-order valence-corrected chi connectivity index (χ3v) is 3.07. The van der Waals surface area contributed by atoms with Crippen molar-refractivity contribution in [2.24, 2.45) is 0 Å². The number of benzene rings is 1. The average Bonchev–Trinajstić information content (AvgIpc) is 2.47. The first-order chi connectivity index (χ1) is 9.65. The van der Waals surface area contributed by atoms with Crippen molar-refractivity contribution in [2.75, 3.05) is 19.0 Å². The number of ether oxygens (including phenoxy) is 1. The van der Waals surface area contributed by atoms with E-state index in [1.54, 1.807) is 13.3 Å². The van der Waals surface area contributed by atoms with Crippen LogP contribution in [0.5, 0.6) is 5.75 Å². The number of nitrogens with zero attached hydrogens (tertiary/aromatic N) is 1. The van der Waals surface area contributed by atoms with Crippen LogP contribution in [0.1, 0.15) is 13.8 Å². The predicted octanol–water partition coefficient (Wildman–Crippen LogP) is 2.18. The van der Waals surface area contributed by atoms with Crippen molar-refractivity contribution < 1.29 is 9.53 Å². The summed E-state index contributed by atoms with van der Waals surface area (Å²) in [5.41, 5.74) is 0. The van der Waals surface area contributed by atoms with Gasteiger partial charge in [-0.3, -0.25) is 4.79 Å². The maximum atomic E-state index is 11.8. The number of likely N-dealkylation sites (N-methyl/N-ethyl adjacent to an activating group) is 1. The molecule has 2 rings (SSSR count). The van der Waals surface area contributed by atoms with Crippen molar-refractivity contribution in [3.05, 3.63) is 30.5 Å². The molecular formula is C15H19N3O2. The highest BCUT2D eigenvalue weighted by Crippen LogP contribution is 2.25. The molecule has 0 fully saturated rings. The number of aromatic nitrogens is 1. The number of carbonyl (C=O) groups excluding carboxylic acids is 1. The molecule has 2 aromatic rings. The van der Waals surface area contributed by atoms with Gasteiger partial charge in [-0.05, 0) is 43.5 Å². The van der Waals surface area contributed by atoms with E-state index in [0.29, 0.717) is 12.4 Å². The summed E-state index contributed by atoms with van der Waals surface area (Å²) in [6, 6.07) is 7.34. The minimum Gasteiger partial charge on any atom is -0.497 e. The lowest BCUT2D eigenvalue weighted by Gasteiger charge is -2.15. The van der Waals surface area contributed by atoms with E-state index in [2.05, 4.69) is 15.6 Å². The Hall–Kier alpha value is -2.30. The van der Waals surface area contributed by atoms with Crippen LogP contribution in [0.2, 0.25) is 0 Å². The van der Waals surface area contributed by atoms with Crippen molar-refractivity contribution in [3.63, 3.8) is 0 Å². The summed E-state index contributed by atoms with van der Waals surface area (Å²) in [5, 5.41) is 7.91. The third-order valence-electron chi connectivity index (χ3n) is 3.07. The van der Waals surface area contributed by atoms with Crippen molar-refractivity contribution >= 4 is 22.5 Å². The Morgan fingerprint density at radius 1 is 1.40 bits per heavy atom. The fourth-order valence-corrected chi connectivity index (χ4v) is 2.00. The number of amides is 1. The highest BCUT2D eigenvalue weighted by atomic mass is 16.5. The number of hydrogen-bond donors (Lipinski definition) is 2. The molecule has 106 valence electrons. The minimum atomic E-state index is -0.338. The molecule has 0 aliphatic heterocycles. The van der Waals surface area contributed by atoms with E-state index in [1.165, 1.54) is 0 Å². The molecule has 2 N–H and O–H groups in total. The SMILES string of the molecule is CCNC(=O)C(C)Nc1nccc2cc(OC)ccc12. The molecule has 20 heavy (non-hydrogen) atoms. The van der Waals surface area contributed by atoms with Crippen LogP contribution in [0.3, 0.4) is 0 Å². The molecule has 0 bridgehead atoms. The maximum absolute atomic E-state index is 11.8. The van der Waals surface area contributed by atoms with Gasteiger partial charge in [0.2, 0.25) is 5.91 Å². The molecule has 1 aromatic carbocycles. The van der Waals surface area contributed by atoms with Crippen molar-refractivity contribution in [1.29, 1.82) is 0 Å². The van der Waals surface area contributed by atoms with Gasteiger partial charge in [0.15, 0.2) is 0 Å². The minimum absolute atomic E-state index is 0.0418. The first-order valence-electron chi connectivity index (χ1n) is 6.62. The molecule has 1 atom stereocenters. The third kappa shape index (κ3) is 2.99. The number of methoxy groups -OCH3 is 1. The number of nitrogens with one attached hydrogen (secondary N) is 2. The van der Waals surface area contributed by atoms with Gasteiger partial charge in [0.05, 0.1) is 7.11 Å². The molecule has 1 unspecified atom stereocenters. The highest BCUT2D eigenvalue weighted by Gasteiger charge is 2.13. The van der Waals surface area contributed by atoms with Crippen molar-refractivity contribution in [2.45, 2.75) is 19.9 Å².